The second-order valence-corrected chi connectivity index (χ2v) is 33.1. The van der Waals surface area contributed by atoms with Gasteiger partial charge < -0.3 is 4.90 Å². The van der Waals surface area contributed by atoms with Gasteiger partial charge in [-0.1, -0.05) is 194 Å². The molecule has 17 heteroatoms. The lowest BCUT2D eigenvalue weighted by Crippen LogP contribution is -2.13. The largest absolute Gasteiger partial charge is 0.311 e. The first-order valence-corrected chi connectivity index (χ1v) is 45.1. The highest BCUT2D eigenvalue weighted by Gasteiger charge is 2.24. The predicted molar refractivity (Wildman–Crippen MR) is 554 cm³/mol. The number of para-hydroxylation sites is 2. The average molecular weight is 1750 g/mol. The molecule has 0 atom stereocenters. The minimum Gasteiger partial charge on any atom is -0.311 e. The Bertz CT molecular complexity index is 8530. The van der Waals surface area contributed by atoms with Gasteiger partial charge in [-0.2, -0.15) is 0 Å². The van der Waals surface area contributed by atoms with Crippen LogP contribution in [0.2, 0.25) is 0 Å². The van der Waals surface area contributed by atoms with Crippen LogP contribution >= 0.6 is 0 Å². The lowest BCUT2D eigenvalue weighted by Gasteiger charge is -2.26. The third-order valence-corrected chi connectivity index (χ3v) is 25.0. The van der Waals surface area contributed by atoms with Gasteiger partial charge in [-0.05, 0) is 275 Å². The maximum atomic E-state index is 5.18. The highest BCUT2D eigenvalue weighted by Crippen LogP contribution is 2.44. The van der Waals surface area contributed by atoms with Gasteiger partial charge in [0.25, 0.3) is 0 Å². The fraction of sp³-hybridized carbons (Fsp3) is 0. The molecule has 0 unspecified atom stereocenters. The minimum absolute atomic E-state index is 0.772. The molecule has 0 radical (unpaired) electrons. The van der Waals surface area contributed by atoms with Crippen LogP contribution in [0.3, 0.4) is 0 Å². The molecular weight excluding hydrogens is 1670 g/mol. The first-order chi connectivity index (χ1) is 67.5. The predicted octanol–water partition coefficient (Wildman–Crippen LogP) is 29.4. The highest BCUT2D eigenvalue weighted by molar-refractivity contribution is 6.12. The fourth-order valence-corrected chi connectivity index (χ4v) is 18.6. The smallest absolute Gasteiger partial charge is 0.146 e. The number of aromatic nitrogens is 14. The van der Waals surface area contributed by atoms with Crippen molar-refractivity contribution in [1.82, 2.24) is 68.5 Å². The average Bonchev–Trinajstić information content (AvgIpc) is 1.58. The maximum Gasteiger partial charge on any atom is 0.146 e. The van der Waals surface area contributed by atoms with Crippen LogP contribution in [0.4, 0.5) is 51.6 Å². The highest BCUT2D eigenvalue weighted by atomic mass is 15.2. The first kappa shape index (κ1) is 80.4. The molecule has 136 heavy (non-hydrogen) atoms. The molecule has 0 bridgehead atoms. The molecule has 26 aromatic rings. The van der Waals surface area contributed by atoms with Crippen LogP contribution in [0.5, 0.6) is 0 Å². The Balaban J connectivity index is 0.000000112. The molecule has 0 N–H and O–H groups in total. The summed E-state index contributed by atoms with van der Waals surface area (Å²) >= 11 is 0. The van der Waals surface area contributed by atoms with E-state index in [9.17, 15) is 0 Å². The van der Waals surface area contributed by atoms with Crippen molar-refractivity contribution in [1.29, 1.82) is 0 Å². The van der Waals surface area contributed by atoms with Crippen molar-refractivity contribution in [2.24, 2.45) is 0 Å². The normalized spacial score (nSPS) is 11.4. The zero-order valence-corrected chi connectivity index (χ0v) is 73.2. The Morgan fingerprint density at radius 2 is 0.449 bits per heavy atom. The van der Waals surface area contributed by atoms with Crippen molar-refractivity contribution in [2.45, 2.75) is 0 Å². The number of hydrogen-bond acceptors (Lipinski definition) is 14. The zero-order chi connectivity index (χ0) is 90.2. The van der Waals surface area contributed by atoms with Gasteiger partial charge in [-0.15, -0.1) is 0 Å². The molecule has 0 aliphatic carbocycles. The number of benzene rings is 12. The Morgan fingerprint density at radius 1 is 0.162 bits per heavy atom. The molecule has 0 aliphatic heterocycles. The van der Waals surface area contributed by atoms with Crippen molar-refractivity contribution < 1.29 is 0 Å². The summed E-state index contributed by atoms with van der Waals surface area (Å²) in [6.45, 7) is 0. The summed E-state index contributed by atoms with van der Waals surface area (Å²) in [5.41, 5.74) is 25.0. The summed E-state index contributed by atoms with van der Waals surface area (Å²) in [6.07, 6.45) is 16.4. The number of rotatable bonds is 16. The summed E-state index contributed by atoms with van der Waals surface area (Å²) < 4.78 is 6.39. The van der Waals surface area contributed by atoms with Crippen molar-refractivity contribution in [2.75, 3.05) is 14.7 Å². The van der Waals surface area contributed by atoms with Gasteiger partial charge in [0.1, 0.15) is 51.8 Å². The van der Waals surface area contributed by atoms with Crippen LogP contribution in [0.15, 0.2) is 480 Å². The molecule has 640 valence electrons. The van der Waals surface area contributed by atoms with Crippen LogP contribution in [0, 0.1) is 0 Å². The lowest BCUT2D eigenvalue weighted by atomic mass is 10.0. The Morgan fingerprint density at radius 3 is 0.831 bits per heavy atom. The maximum absolute atomic E-state index is 5.18. The van der Waals surface area contributed by atoms with E-state index in [4.69, 9.17) is 29.9 Å². The molecule has 17 nitrogen and oxygen atoms in total. The van der Waals surface area contributed by atoms with E-state index >= 15 is 0 Å². The van der Waals surface area contributed by atoms with Gasteiger partial charge >= 0.3 is 0 Å². The topological polar surface area (TPSA) is 166 Å². The van der Waals surface area contributed by atoms with Gasteiger partial charge in [0.2, 0.25) is 0 Å². The van der Waals surface area contributed by atoms with E-state index in [-0.39, 0.29) is 0 Å². The number of fused-ring (bicyclic) bond motifs is 15. The van der Waals surface area contributed by atoms with Crippen LogP contribution in [0.25, 0.3) is 171 Å². The van der Waals surface area contributed by atoms with Gasteiger partial charge in [0.05, 0.1) is 38.6 Å². The number of pyridine rings is 11. The Kier molecular flexibility index (Phi) is 20.8. The summed E-state index contributed by atoms with van der Waals surface area (Å²) in [5, 5.41) is 11.0. The summed E-state index contributed by atoms with van der Waals surface area (Å²) in [5.74, 6) is 4.95. The number of hydrogen-bond donors (Lipinski definition) is 0. The van der Waals surface area contributed by atoms with E-state index in [1.165, 1.54) is 11.1 Å². The second-order valence-electron chi connectivity index (χ2n) is 33.1. The molecule has 0 amide bonds. The van der Waals surface area contributed by atoms with Crippen LogP contribution in [-0.2, 0) is 0 Å². The van der Waals surface area contributed by atoms with E-state index < -0.39 is 0 Å². The van der Waals surface area contributed by atoms with E-state index in [1.807, 2.05) is 165 Å². The van der Waals surface area contributed by atoms with Crippen molar-refractivity contribution in [3.05, 3.63) is 480 Å². The van der Waals surface area contributed by atoms with Crippen LogP contribution in [-0.4, -0.2) is 68.5 Å². The second kappa shape index (κ2) is 35.2. The molecule has 14 aromatic heterocycles. The van der Waals surface area contributed by atoms with Crippen LogP contribution in [0.1, 0.15) is 0 Å². The van der Waals surface area contributed by atoms with Crippen LogP contribution < -0.4 is 14.7 Å². The number of nitrogens with zero attached hydrogens (tertiary/aromatic N) is 17. The van der Waals surface area contributed by atoms with Crippen molar-refractivity contribution in [3.63, 3.8) is 0 Å². The summed E-state index contributed by atoms with van der Waals surface area (Å²) in [4.78, 5) is 58.9. The minimum atomic E-state index is 0.772. The SMILES string of the molecule is c1ccc(-c2ccc(N(c3ccccc3)c3ccc(-c4ccc5c(c4)c4cccnc4n5-c4ccccn4)cc3)cc2)cc1.c1ccc(N(c2ccc(-c3ccc4c(c3)c3cccnc3n4-c3ccccn3)cc2)c2ccc3ccc4cccnc4c3n2)cc1.c1ccc(N(c2ccc(-c3ccc4c(c3)c3cccnc3n4-c3ccccn3)cc2)c2ccc3ccc4cccnc4c3n2)nc1. The Hall–Kier alpha value is -18.9. The van der Waals surface area contributed by atoms with E-state index in [1.54, 1.807) is 6.20 Å². The van der Waals surface area contributed by atoms with Gasteiger partial charge in [-0.3, -0.25) is 33.5 Å². The van der Waals surface area contributed by atoms with E-state index in [0.717, 1.165) is 212 Å². The van der Waals surface area contributed by atoms with E-state index in [2.05, 4.69) is 363 Å². The third-order valence-electron chi connectivity index (χ3n) is 25.0. The molecule has 0 saturated heterocycles. The molecule has 0 fully saturated rings. The summed E-state index contributed by atoms with van der Waals surface area (Å²) in [6, 6.07) is 147. The standard InChI is InChI=1S/C40H26N6.C40H28N4.C39H25N7/c1-2-9-31(10-3-1)45(37-22-18-29-14-13-28-8-6-24-42-38(28)39(29)44-37)32-19-15-27(16-20-32)30-17-21-35-34(26-30)33-11-7-25-43-40(33)46(35)36-12-4-5-23-41-36;1-3-10-29(11-4-1)30-16-21-34(22-17-30)43(33-12-5-2-6-13-33)35-23-18-31(19-24-35)32-20-25-38-37(28-32)36-14-9-27-42-40(36)44(38)39-15-7-8-26-41-39;1-3-21-40-34(9-1)45(36-20-16-28-12-11-27-7-5-23-42-37(27)38(28)44-36)30-17-13-26(14-18-30)29-15-19-33-32(25-29)31-8-6-24-43-39(31)46(33)35-10-2-4-22-41-35/h1-26H;1-28H;1-25H. The molecule has 0 saturated carbocycles. The molecule has 0 spiro atoms. The molecule has 26 rings (SSSR count). The van der Waals surface area contributed by atoms with Gasteiger partial charge in [-0.25, -0.2) is 44.9 Å². The molecular formula is C119H79N17. The molecule has 14 heterocycles. The first-order valence-electron chi connectivity index (χ1n) is 45.1. The zero-order valence-electron chi connectivity index (χ0n) is 73.2. The molecule has 12 aromatic carbocycles. The Labute approximate surface area is 781 Å². The van der Waals surface area contributed by atoms with E-state index in [0.29, 0.717) is 0 Å². The van der Waals surface area contributed by atoms with Crippen molar-refractivity contribution in [3.8, 4) is 62.0 Å². The van der Waals surface area contributed by atoms with Gasteiger partial charge in [0.15, 0.2) is 0 Å². The lowest BCUT2D eigenvalue weighted by molar-refractivity contribution is 1.06. The number of anilines is 9. The summed E-state index contributed by atoms with van der Waals surface area (Å²) in [7, 11) is 0. The molecule has 0 aliphatic rings. The van der Waals surface area contributed by atoms with Crippen molar-refractivity contribution >= 4 is 161 Å². The third kappa shape index (κ3) is 15.1. The fourth-order valence-electron chi connectivity index (χ4n) is 18.6. The quantitative estimate of drug-likeness (QED) is 0.0838. The van der Waals surface area contributed by atoms with Gasteiger partial charge in [0, 0.05) is 144 Å². The monoisotopic (exact) mass is 1750 g/mol.